The molecule has 1 radical (unpaired) electrons. The predicted molar refractivity (Wildman–Crippen MR) is 128 cm³/mol. The molecule has 0 fully saturated rings. The molecule has 0 saturated heterocycles. The van der Waals surface area contributed by atoms with Crippen LogP contribution in [0.4, 0.5) is 0 Å². The van der Waals surface area contributed by atoms with E-state index in [0.29, 0.717) is 0 Å². The first kappa shape index (κ1) is 58.8. The van der Waals surface area contributed by atoms with Gasteiger partial charge < -0.3 is 40.9 Å². The van der Waals surface area contributed by atoms with Gasteiger partial charge in [-0.25, -0.2) is 0 Å². The van der Waals surface area contributed by atoms with Crippen LogP contribution in [0.1, 0.15) is 111 Å². The normalized spacial score (nSPS) is 8.73. The number of rotatable bonds is 0. The van der Waals surface area contributed by atoms with Crippen molar-refractivity contribution in [1.82, 2.24) is 0 Å². The maximum Gasteiger partial charge on any atom is 0.0483 e. The molecule has 213 valence electrons. The summed E-state index contributed by atoms with van der Waals surface area (Å²) < 4.78 is 0. The van der Waals surface area contributed by atoms with E-state index < -0.39 is 30.5 Å². The Morgan fingerprint density at radius 1 is 0.303 bits per heavy atom. The number of aliphatic hydroxyl groups is 3. The van der Waals surface area contributed by atoms with E-state index in [1.54, 1.807) is 111 Å². The zero-order valence-corrected chi connectivity index (χ0v) is 25.8. The summed E-state index contributed by atoms with van der Waals surface area (Å²) in [5, 5.41) is 71.8. The molecule has 33 heavy (non-hydrogen) atoms. The van der Waals surface area contributed by atoms with Crippen molar-refractivity contribution in [3.05, 3.63) is 0 Å². The van der Waals surface area contributed by atoms with Gasteiger partial charge in [0, 0.05) is 36.9 Å². The van der Waals surface area contributed by atoms with Gasteiger partial charge in [-0.1, -0.05) is 69.2 Å². The Labute approximate surface area is 219 Å². The molecule has 0 rings (SSSR count). The van der Waals surface area contributed by atoms with Gasteiger partial charge in [0.15, 0.2) is 0 Å². The van der Waals surface area contributed by atoms with Crippen LogP contribution in [0, 0.1) is 0 Å². The third kappa shape index (κ3) is 423000. The third-order valence-electron chi connectivity index (χ3n) is 0. The van der Waals surface area contributed by atoms with Crippen molar-refractivity contribution in [2.45, 2.75) is 160 Å². The Hall–Kier alpha value is 0.264. The molecule has 0 saturated carbocycles. The van der Waals surface area contributed by atoms with E-state index in [0.717, 1.165) is 0 Å². The Morgan fingerprint density at radius 3 is 0.303 bits per heavy atom. The fourth-order valence-electron chi connectivity index (χ4n) is 0. The molecule has 0 aliphatic rings. The van der Waals surface area contributed by atoms with Crippen molar-refractivity contribution in [2.24, 2.45) is 0 Å². The molecule has 0 unspecified atom stereocenters. The Bertz CT molecular complexity index is 142. The zero-order valence-electron chi connectivity index (χ0n) is 24.4. The van der Waals surface area contributed by atoms with Crippen LogP contribution in [0.5, 0.6) is 0 Å². The van der Waals surface area contributed by atoms with E-state index in [9.17, 15) is 25.5 Å². The first-order valence-electron chi connectivity index (χ1n) is 11.2. The summed E-state index contributed by atoms with van der Waals surface area (Å²) >= 11 is 0. The Kier molecular flexibility index (Phi) is 95.5. The summed E-state index contributed by atoms with van der Waals surface area (Å²) in [5.74, 6) is 0. The van der Waals surface area contributed by atoms with Gasteiger partial charge in [-0.05, 0) is 41.5 Å². The molecule has 0 aromatic heterocycles. The van der Waals surface area contributed by atoms with E-state index in [1.165, 1.54) is 0 Å². The summed E-state index contributed by atoms with van der Waals surface area (Å²) in [4.78, 5) is 0. The van der Waals surface area contributed by atoms with Gasteiger partial charge in [0.05, 0.1) is 0 Å². The molecular weight excluding hydrogens is 467 g/mol. The average molecular weight is 527 g/mol. The van der Waals surface area contributed by atoms with Crippen molar-refractivity contribution in [3.8, 4) is 0 Å². The molecule has 9 heteroatoms. The monoisotopic (exact) mass is 526 g/mol. The van der Waals surface area contributed by atoms with E-state index in [-0.39, 0.29) is 36.9 Å². The minimum absolute atomic E-state index is 0. The molecule has 0 spiro atoms. The maximum absolute atomic E-state index is 9.53. The summed E-state index contributed by atoms with van der Waals surface area (Å²) in [6.07, 6.45) is -2.58. The van der Waals surface area contributed by atoms with E-state index in [1.807, 2.05) is 0 Å². The van der Waals surface area contributed by atoms with Crippen LogP contribution < -0.4 is 25.5 Å². The minimum Gasteiger partial charge on any atom is -0.852 e. The summed E-state index contributed by atoms with van der Waals surface area (Å²) in [5.41, 5.74) is 0. The number of aliphatic hydroxyl groups excluding tert-OH is 3. The Balaban J connectivity index is -0.0000000284. The first-order valence-corrected chi connectivity index (χ1v) is 11.2. The van der Waals surface area contributed by atoms with Crippen LogP contribution in [-0.4, -0.2) is 64.2 Å². The van der Waals surface area contributed by atoms with Crippen LogP contribution in [0.2, 0.25) is 0 Å². The maximum atomic E-state index is 9.53. The smallest absolute Gasteiger partial charge is 0.0483 e. The quantitative estimate of drug-likeness (QED) is 0.393. The largest absolute Gasteiger partial charge is 0.852 e. The molecule has 0 aliphatic carbocycles. The van der Waals surface area contributed by atoms with Gasteiger partial charge in [0.1, 0.15) is 0 Å². The van der Waals surface area contributed by atoms with Crippen LogP contribution in [0.15, 0.2) is 0 Å². The fraction of sp³-hybridized carbons (Fsp3) is 1.00. The number of hydrogen-bond acceptors (Lipinski definition) is 8. The number of hydrogen-bond donors (Lipinski definition) is 3. The van der Waals surface area contributed by atoms with E-state index >= 15 is 0 Å². The SMILES string of the molecule is CC(C)O.CC(C)O.CC(C)O.CC(C)[O-].CC(C)[O-].CC(C)[O-].CC(C)[O-].CC(C)[O-].[V]. The van der Waals surface area contributed by atoms with Crippen LogP contribution in [0.25, 0.3) is 0 Å². The van der Waals surface area contributed by atoms with Crippen molar-refractivity contribution >= 4 is 0 Å². The minimum atomic E-state index is -0.417. The predicted octanol–water partition coefficient (Wildman–Crippen LogP) is -0.0657. The molecule has 0 bridgehead atoms. The van der Waals surface area contributed by atoms with Gasteiger partial charge in [-0.2, -0.15) is 0 Å². The second-order valence-corrected chi connectivity index (χ2v) is 8.53. The molecular formula is C24H59O8V-5. The molecule has 0 aromatic rings. The second kappa shape index (κ2) is 53.6. The first-order chi connectivity index (χ1) is 13.9. The molecule has 0 atom stereocenters. The topological polar surface area (TPSA) is 176 Å². The van der Waals surface area contributed by atoms with Crippen molar-refractivity contribution < 1.29 is 59.4 Å². The summed E-state index contributed by atoms with van der Waals surface area (Å²) in [7, 11) is 0. The fourth-order valence-corrected chi connectivity index (χ4v) is 0. The summed E-state index contributed by atoms with van der Waals surface area (Å²) in [6.45, 7) is 26.4. The summed E-state index contributed by atoms with van der Waals surface area (Å²) in [6, 6.07) is 0. The molecule has 8 nitrogen and oxygen atoms in total. The van der Waals surface area contributed by atoms with E-state index in [4.69, 9.17) is 15.3 Å². The molecule has 0 heterocycles. The van der Waals surface area contributed by atoms with Gasteiger partial charge in [-0.3, -0.25) is 0 Å². The zero-order chi connectivity index (χ0) is 28.6. The van der Waals surface area contributed by atoms with Crippen LogP contribution in [0.3, 0.4) is 0 Å². The van der Waals surface area contributed by atoms with Gasteiger partial charge in [-0.15, -0.1) is 30.5 Å². The van der Waals surface area contributed by atoms with Gasteiger partial charge in [0.25, 0.3) is 0 Å². The van der Waals surface area contributed by atoms with Crippen molar-refractivity contribution in [1.29, 1.82) is 0 Å². The van der Waals surface area contributed by atoms with Gasteiger partial charge in [0.2, 0.25) is 0 Å². The van der Waals surface area contributed by atoms with Crippen molar-refractivity contribution in [2.75, 3.05) is 0 Å². The molecule has 0 aliphatic heterocycles. The van der Waals surface area contributed by atoms with Crippen molar-refractivity contribution in [3.63, 3.8) is 0 Å². The molecule has 0 aromatic carbocycles. The average Bonchev–Trinajstić information content (AvgIpc) is 2.30. The second-order valence-electron chi connectivity index (χ2n) is 8.53. The Morgan fingerprint density at radius 2 is 0.303 bits per heavy atom. The molecule has 3 N–H and O–H groups in total. The standard InChI is InChI=1S/3C3H8O.5C3H7O.V/c8*1-3(2)4;/h3*3-4H,1-2H3;5*3H,1-2H3;/q;;;5*-1;. The van der Waals surface area contributed by atoms with E-state index in [2.05, 4.69) is 0 Å². The van der Waals surface area contributed by atoms with Gasteiger partial charge >= 0.3 is 0 Å². The van der Waals surface area contributed by atoms with Crippen LogP contribution >= 0.6 is 0 Å². The van der Waals surface area contributed by atoms with Crippen LogP contribution in [-0.2, 0) is 18.6 Å². The molecule has 0 amide bonds. The third-order valence-corrected chi connectivity index (χ3v) is 0.